The Bertz CT molecular complexity index is 465. The summed E-state index contributed by atoms with van der Waals surface area (Å²) in [6.45, 7) is 5.05. The molecule has 3 aliphatic rings. The van der Waals surface area contributed by atoms with E-state index >= 15 is 0 Å². The molecule has 2 bridgehead atoms. The summed E-state index contributed by atoms with van der Waals surface area (Å²) < 4.78 is 5.34. The number of nitrogens with zero attached hydrogens (tertiary/aromatic N) is 2. The van der Waals surface area contributed by atoms with Crippen LogP contribution in [0.2, 0.25) is 0 Å². The highest BCUT2D eigenvalue weighted by Gasteiger charge is 2.45. The van der Waals surface area contributed by atoms with Crippen LogP contribution in [-0.4, -0.2) is 66.2 Å². The van der Waals surface area contributed by atoms with E-state index in [1.54, 1.807) is 0 Å². The zero-order chi connectivity index (χ0) is 17.6. The maximum atomic E-state index is 12.2. The standard InChI is InChI=1S/C19H33N3O3/c1-2-3-11-25-19(24)22-14-16-12-17(22)13-21(16)10-9-18(23)20-15-7-5-4-6-8-15/h15-17H,2-14H2,1H3,(H,20,23). The Hall–Kier alpha value is -1.30. The predicted octanol–water partition coefficient (Wildman–Crippen LogP) is 2.52. The van der Waals surface area contributed by atoms with Crippen molar-refractivity contribution in [2.24, 2.45) is 0 Å². The highest BCUT2D eigenvalue weighted by molar-refractivity contribution is 5.76. The first-order valence-electron chi connectivity index (χ1n) is 10.1. The van der Waals surface area contributed by atoms with Gasteiger partial charge in [-0.1, -0.05) is 32.6 Å². The molecule has 2 unspecified atom stereocenters. The fraction of sp³-hybridized carbons (Fsp3) is 0.895. The van der Waals surface area contributed by atoms with Crippen molar-refractivity contribution in [2.75, 3.05) is 26.2 Å². The van der Waals surface area contributed by atoms with Crippen LogP contribution in [0.5, 0.6) is 0 Å². The van der Waals surface area contributed by atoms with Crippen LogP contribution in [0.4, 0.5) is 4.79 Å². The molecule has 0 spiro atoms. The van der Waals surface area contributed by atoms with Gasteiger partial charge in [0.05, 0.1) is 6.61 Å². The first-order chi connectivity index (χ1) is 12.2. The molecule has 142 valence electrons. The van der Waals surface area contributed by atoms with Gasteiger partial charge >= 0.3 is 6.09 Å². The van der Waals surface area contributed by atoms with Crippen LogP contribution in [0.1, 0.15) is 64.7 Å². The molecule has 6 nitrogen and oxygen atoms in total. The average molecular weight is 351 g/mol. The van der Waals surface area contributed by atoms with Crippen LogP contribution in [0.15, 0.2) is 0 Å². The zero-order valence-electron chi connectivity index (χ0n) is 15.5. The molecule has 0 aromatic carbocycles. The van der Waals surface area contributed by atoms with Crippen LogP contribution in [-0.2, 0) is 9.53 Å². The minimum atomic E-state index is -0.157. The first kappa shape index (κ1) is 18.5. The number of amides is 2. The number of hydrogen-bond donors (Lipinski definition) is 1. The summed E-state index contributed by atoms with van der Waals surface area (Å²) in [6.07, 6.45) is 9.46. The maximum Gasteiger partial charge on any atom is 0.410 e. The minimum Gasteiger partial charge on any atom is -0.449 e. The van der Waals surface area contributed by atoms with E-state index in [-0.39, 0.29) is 18.0 Å². The van der Waals surface area contributed by atoms with Crippen LogP contribution in [0.25, 0.3) is 0 Å². The number of nitrogens with one attached hydrogen (secondary N) is 1. The Morgan fingerprint density at radius 2 is 1.92 bits per heavy atom. The Kier molecular flexibility index (Phi) is 6.57. The molecule has 1 saturated carbocycles. The second-order valence-electron chi connectivity index (χ2n) is 7.81. The van der Waals surface area contributed by atoms with E-state index in [2.05, 4.69) is 17.1 Å². The lowest BCUT2D eigenvalue weighted by Gasteiger charge is -2.33. The Morgan fingerprint density at radius 1 is 1.12 bits per heavy atom. The summed E-state index contributed by atoms with van der Waals surface area (Å²) in [7, 11) is 0. The molecular formula is C19H33N3O3. The summed E-state index contributed by atoms with van der Waals surface area (Å²) in [5.74, 6) is 0.186. The zero-order valence-corrected chi connectivity index (χ0v) is 15.5. The molecular weight excluding hydrogens is 318 g/mol. The summed E-state index contributed by atoms with van der Waals surface area (Å²) in [4.78, 5) is 28.6. The molecule has 0 aromatic rings. The van der Waals surface area contributed by atoms with Gasteiger partial charge in [0, 0.05) is 44.2 Å². The highest BCUT2D eigenvalue weighted by Crippen LogP contribution is 2.31. The van der Waals surface area contributed by atoms with Crippen molar-refractivity contribution < 1.29 is 14.3 Å². The molecule has 2 amide bonds. The fourth-order valence-electron chi connectivity index (χ4n) is 4.43. The van der Waals surface area contributed by atoms with Crippen LogP contribution >= 0.6 is 0 Å². The molecule has 3 rings (SSSR count). The first-order valence-corrected chi connectivity index (χ1v) is 10.1. The molecule has 6 heteroatoms. The second kappa shape index (κ2) is 8.88. The van der Waals surface area contributed by atoms with E-state index in [0.29, 0.717) is 25.1 Å². The number of hydrogen-bond acceptors (Lipinski definition) is 4. The molecule has 2 aliphatic heterocycles. The van der Waals surface area contributed by atoms with Gasteiger partial charge in [-0.3, -0.25) is 9.69 Å². The quantitative estimate of drug-likeness (QED) is 0.716. The molecule has 2 heterocycles. The summed E-state index contributed by atoms with van der Waals surface area (Å²) >= 11 is 0. The third-order valence-corrected chi connectivity index (χ3v) is 5.91. The Morgan fingerprint density at radius 3 is 2.60 bits per heavy atom. The number of rotatable bonds is 7. The molecule has 1 N–H and O–H groups in total. The van der Waals surface area contributed by atoms with E-state index in [9.17, 15) is 9.59 Å². The number of fused-ring (bicyclic) bond motifs is 2. The molecule has 0 aromatic heterocycles. The van der Waals surface area contributed by atoms with E-state index in [1.165, 1.54) is 19.3 Å². The van der Waals surface area contributed by atoms with Crippen molar-refractivity contribution in [3.8, 4) is 0 Å². The van der Waals surface area contributed by atoms with Gasteiger partial charge in [0.25, 0.3) is 0 Å². The fourth-order valence-corrected chi connectivity index (χ4v) is 4.43. The van der Waals surface area contributed by atoms with Crippen molar-refractivity contribution in [1.82, 2.24) is 15.1 Å². The van der Waals surface area contributed by atoms with Crippen molar-refractivity contribution in [3.63, 3.8) is 0 Å². The highest BCUT2D eigenvalue weighted by atomic mass is 16.6. The van der Waals surface area contributed by atoms with Gasteiger partial charge in [-0.15, -0.1) is 0 Å². The number of unbranched alkanes of at least 4 members (excludes halogenated alkanes) is 1. The number of piperazine rings is 1. The van der Waals surface area contributed by atoms with Gasteiger partial charge in [-0.05, 0) is 25.7 Å². The Labute approximate surface area is 151 Å². The van der Waals surface area contributed by atoms with Crippen LogP contribution in [0.3, 0.4) is 0 Å². The van der Waals surface area contributed by atoms with E-state index in [1.807, 2.05) is 4.90 Å². The number of carbonyl (C=O) groups excluding carboxylic acids is 2. The molecule has 0 radical (unpaired) electrons. The average Bonchev–Trinajstić information content (AvgIpc) is 3.21. The molecule has 2 atom stereocenters. The number of ether oxygens (including phenoxy) is 1. The summed E-state index contributed by atoms with van der Waals surface area (Å²) in [5, 5.41) is 3.19. The Balaban J connectivity index is 1.35. The number of carbonyl (C=O) groups is 2. The van der Waals surface area contributed by atoms with Gasteiger partial charge in [-0.25, -0.2) is 4.79 Å². The SMILES string of the molecule is CCCCOC(=O)N1CC2CC1CN2CCC(=O)NC1CCCCC1. The van der Waals surface area contributed by atoms with Gasteiger partial charge in [0.1, 0.15) is 0 Å². The third kappa shape index (κ3) is 4.87. The van der Waals surface area contributed by atoms with Gasteiger partial charge in [-0.2, -0.15) is 0 Å². The van der Waals surface area contributed by atoms with Crippen LogP contribution < -0.4 is 5.32 Å². The number of likely N-dealkylation sites (tertiary alicyclic amines) is 2. The topological polar surface area (TPSA) is 61.9 Å². The maximum absolute atomic E-state index is 12.2. The smallest absolute Gasteiger partial charge is 0.410 e. The van der Waals surface area contributed by atoms with Crippen molar-refractivity contribution in [3.05, 3.63) is 0 Å². The molecule has 3 fully saturated rings. The van der Waals surface area contributed by atoms with Gasteiger partial charge in [0.15, 0.2) is 0 Å². The van der Waals surface area contributed by atoms with E-state index < -0.39 is 0 Å². The summed E-state index contributed by atoms with van der Waals surface area (Å²) in [5.41, 5.74) is 0. The molecule has 1 aliphatic carbocycles. The monoisotopic (exact) mass is 351 g/mol. The molecule has 2 saturated heterocycles. The van der Waals surface area contributed by atoms with E-state index in [4.69, 9.17) is 4.74 Å². The lowest BCUT2D eigenvalue weighted by atomic mass is 9.95. The predicted molar refractivity (Wildman–Crippen MR) is 96.4 cm³/mol. The van der Waals surface area contributed by atoms with Crippen molar-refractivity contribution >= 4 is 12.0 Å². The molecule has 25 heavy (non-hydrogen) atoms. The van der Waals surface area contributed by atoms with Gasteiger partial charge in [0.2, 0.25) is 5.91 Å². The van der Waals surface area contributed by atoms with Crippen molar-refractivity contribution in [1.29, 1.82) is 0 Å². The van der Waals surface area contributed by atoms with Crippen molar-refractivity contribution in [2.45, 2.75) is 82.8 Å². The van der Waals surface area contributed by atoms with Gasteiger partial charge < -0.3 is 15.0 Å². The summed E-state index contributed by atoms with van der Waals surface area (Å²) in [6, 6.07) is 1.05. The van der Waals surface area contributed by atoms with E-state index in [0.717, 1.165) is 51.7 Å². The largest absolute Gasteiger partial charge is 0.449 e. The normalized spacial score (nSPS) is 26.8. The second-order valence-corrected chi connectivity index (χ2v) is 7.81. The van der Waals surface area contributed by atoms with Crippen LogP contribution in [0, 0.1) is 0 Å². The third-order valence-electron chi connectivity index (χ3n) is 5.91. The minimum absolute atomic E-state index is 0.157. The lowest BCUT2D eigenvalue weighted by Crippen LogP contribution is -2.49. The lowest BCUT2D eigenvalue weighted by molar-refractivity contribution is -0.122.